The Morgan fingerprint density at radius 1 is 1.06 bits per heavy atom. The van der Waals surface area contributed by atoms with Gasteiger partial charge in [-0.2, -0.15) is 0 Å². The summed E-state index contributed by atoms with van der Waals surface area (Å²) in [4.78, 5) is 36.3. The summed E-state index contributed by atoms with van der Waals surface area (Å²) in [6, 6.07) is 5.26. The molecule has 3 amide bonds. The Bertz CT molecular complexity index is 1050. The number of rotatable bonds is 7. The summed E-state index contributed by atoms with van der Waals surface area (Å²) in [5.41, 5.74) is -0.889. The smallest absolute Gasteiger partial charge is 0.322 e. The predicted molar refractivity (Wildman–Crippen MR) is 114 cm³/mol. The Morgan fingerprint density at radius 3 is 2.24 bits per heavy atom. The number of hydrogen-bond acceptors (Lipinski definition) is 7. The van der Waals surface area contributed by atoms with Crippen LogP contribution in [0.4, 0.5) is 19.3 Å². The third kappa shape index (κ3) is 4.84. The van der Waals surface area contributed by atoms with Gasteiger partial charge in [-0.1, -0.05) is 0 Å². The second-order valence-corrected chi connectivity index (χ2v) is 8.82. The minimum absolute atomic E-state index is 0.0641. The van der Waals surface area contributed by atoms with Crippen LogP contribution < -0.4 is 15.5 Å². The molecule has 2 aromatic rings. The summed E-state index contributed by atoms with van der Waals surface area (Å²) in [6.07, 6.45) is 1.97. The number of nitrogens with one attached hydrogen (secondary N) is 2. The van der Waals surface area contributed by atoms with E-state index in [4.69, 9.17) is 0 Å². The summed E-state index contributed by atoms with van der Waals surface area (Å²) in [5.74, 6) is -1.45. The number of aryl methyl sites for hydroxylation is 1. The quantitative estimate of drug-likeness (QED) is 0.389. The molecule has 1 aromatic carbocycles. The van der Waals surface area contributed by atoms with Crippen LogP contribution in [0.3, 0.4) is 0 Å². The lowest BCUT2D eigenvalue weighted by Crippen LogP contribution is -2.66. The number of carbonyl (C=O) groups is 2. The van der Waals surface area contributed by atoms with Crippen molar-refractivity contribution in [3.8, 4) is 0 Å². The number of aromatic nitrogens is 2. The fourth-order valence-electron chi connectivity index (χ4n) is 4.23. The van der Waals surface area contributed by atoms with E-state index in [0.29, 0.717) is 26.2 Å². The second-order valence-electron chi connectivity index (χ2n) is 7.83. The fraction of sp³-hybridized carbons (Fsp3) is 0.400. The number of halogens is 2. The highest BCUT2D eigenvalue weighted by Gasteiger charge is 2.56. The molecule has 10 nitrogen and oxygen atoms in total. The minimum atomic E-state index is -2.50. The molecule has 2 fully saturated rings. The number of amides is 3. The van der Waals surface area contributed by atoms with Gasteiger partial charge in [0.25, 0.3) is 5.91 Å². The minimum Gasteiger partial charge on any atom is -0.369 e. The van der Waals surface area contributed by atoms with Crippen molar-refractivity contribution in [2.75, 3.05) is 31.1 Å². The van der Waals surface area contributed by atoms with E-state index >= 15 is 0 Å². The molecule has 1 aromatic heterocycles. The number of urea groups is 1. The standard InChI is InChI=1S/C20H22F2N6O4S/c21-13-1-3-15(4-2-13)27-7-9-28(10-8-27)18(33(31)32)20(17(29)25-19(30)26-20)6-5-16-23-11-14(22)12-24-16/h1-4,11-12,18H,5-10H2,(H,31,32)(H2,25,26,29,30). The molecule has 2 aliphatic rings. The Labute approximate surface area is 190 Å². The maximum Gasteiger partial charge on any atom is 0.322 e. The average Bonchev–Trinajstić information content (AvgIpc) is 3.08. The molecule has 0 spiro atoms. The number of carbonyl (C=O) groups excluding carboxylic acids is 2. The highest BCUT2D eigenvalue weighted by atomic mass is 32.2. The molecule has 3 heterocycles. The van der Waals surface area contributed by atoms with Crippen LogP contribution in [-0.4, -0.2) is 72.7 Å². The van der Waals surface area contributed by atoms with Crippen LogP contribution in [0.5, 0.6) is 0 Å². The van der Waals surface area contributed by atoms with Gasteiger partial charge in [0.1, 0.15) is 17.0 Å². The molecule has 33 heavy (non-hydrogen) atoms. The van der Waals surface area contributed by atoms with Gasteiger partial charge in [-0.25, -0.2) is 27.8 Å². The first-order chi connectivity index (χ1) is 15.8. The largest absolute Gasteiger partial charge is 0.369 e. The number of piperazine rings is 1. The third-order valence-corrected chi connectivity index (χ3v) is 6.92. The van der Waals surface area contributed by atoms with Crippen molar-refractivity contribution in [3.63, 3.8) is 0 Å². The van der Waals surface area contributed by atoms with Crippen LogP contribution in [0, 0.1) is 11.6 Å². The highest BCUT2D eigenvalue weighted by molar-refractivity contribution is 7.80. The van der Waals surface area contributed by atoms with Gasteiger partial charge >= 0.3 is 6.03 Å². The predicted octanol–water partition coefficient (Wildman–Crippen LogP) is 0.636. The summed E-state index contributed by atoms with van der Waals surface area (Å²) in [7, 11) is 0. The van der Waals surface area contributed by atoms with Crippen LogP contribution in [0.1, 0.15) is 12.2 Å². The van der Waals surface area contributed by atoms with E-state index < -0.39 is 39.7 Å². The molecular weight excluding hydrogens is 458 g/mol. The molecule has 3 unspecified atom stereocenters. The molecule has 0 radical (unpaired) electrons. The molecule has 13 heteroatoms. The van der Waals surface area contributed by atoms with Gasteiger partial charge in [-0.3, -0.25) is 15.0 Å². The number of hydrogen-bond donors (Lipinski definition) is 3. The summed E-state index contributed by atoms with van der Waals surface area (Å²) >= 11 is -2.50. The van der Waals surface area contributed by atoms with Crippen molar-refractivity contribution in [2.45, 2.75) is 23.8 Å². The van der Waals surface area contributed by atoms with E-state index in [0.717, 1.165) is 18.1 Å². The highest BCUT2D eigenvalue weighted by Crippen LogP contribution is 2.29. The monoisotopic (exact) mass is 480 g/mol. The first-order valence-electron chi connectivity index (χ1n) is 10.2. The lowest BCUT2D eigenvalue weighted by Gasteiger charge is -2.44. The molecule has 2 saturated heterocycles. The van der Waals surface area contributed by atoms with Gasteiger partial charge in [0, 0.05) is 38.3 Å². The molecule has 4 rings (SSSR count). The van der Waals surface area contributed by atoms with E-state index in [2.05, 4.69) is 20.6 Å². The Hall–Kier alpha value is -3.03. The van der Waals surface area contributed by atoms with Gasteiger partial charge in [0.05, 0.1) is 12.4 Å². The van der Waals surface area contributed by atoms with Gasteiger partial charge in [0.15, 0.2) is 22.4 Å². The van der Waals surface area contributed by atoms with Gasteiger partial charge in [-0.15, -0.1) is 0 Å². The zero-order valence-corrected chi connectivity index (χ0v) is 18.2. The van der Waals surface area contributed by atoms with Gasteiger partial charge in [-0.05, 0) is 30.7 Å². The van der Waals surface area contributed by atoms with Crippen molar-refractivity contribution in [3.05, 3.63) is 54.1 Å². The van der Waals surface area contributed by atoms with Crippen molar-refractivity contribution < 1.29 is 27.1 Å². The van der Waals surface area contributed by atoms with E-state index in [-0.39, 0.29) is 24.5 Å². The fourth-order valence-corrected chi connectivity index (χ4v) is 5.33. The maximum absolute atomic E-state index is 13.2. The van der Waals surface area contributed by atoms with Gasteiger partial charge in [0.2, 0.25) is 0 Å². The zero-order valence-electron chi connectivity index (χ0n) is 17.4. The van der Waals surface area contributed by atoms with Crippen molar-refractivity contribution in [1.82, 2.24) is 25.5 Å². The maximum atomic E-state index is 13.2. The topological polar surface area (TPSA) is 128 Å². The lowest BCUT2D eigenvalue weighted by atomic mass is 9.91. The van der Waals surface area contributed by atoms with Crippen LogP contribution in [0.2, 0.25) is 0 Å². The molecule has 3 atom stereocenters. The summed E-state index contributed by atoms with van der Waals surface area (Å²) in [6.45, 7) is 1.58. The zero-order chi connectivity index (χ0) is 23.6. The summed E-state index contributed by atoms with van der Waals surface area (Å²) in [5, 5.41) is 3.47. The van der Waals surface area contributed by atoms with Gasteiger partial charge < -0.3 is 14.8 Å². The summed E-state index contributed by atoms with van der Waals surface area (Å²) < 4.78 is 49.0. The van der Waals surface area contributed by atoms with E-state index in [9.17, 15) is 27.1 Å². The molecule has 0 saturated carbocycles. The molecule has 2 aliphatic heterocycles. The third-order valence-electron chi connectivity index (χ3n) is 5.84. The average molecular weight is 480 g/mol. The number of nitrogens with zero attached hydrogens (tertiary/aromatic N) is 4. The first-order valence-corrected chi connectivity index (χ1v) is 11.4. The molecule has 176 valence electrons. The molecule has 3 N–H and O–H groups in total. The van der Waals surface area contributed by atoms with E-state index in [1.165, 1.54) is 12.1 Å². The molecule has 0 aliphatic carbocycles. The Kier molecular flexibility index (Phi) is 6.63. The number of benzene rings is 1. The van der Waals surface area contributed by atoms with Crippen LogP contribution >= 0.6 is 0 Å². The van der Waals surface area contributed by atoms with Crippen molar-refractivity contribution in [1.29, 1.82) is 0 Å². The number of imide groups is 1. The normalized spacial score (nSPS) is 23.2. The van der Waals surface area contributed by atoms with Crippen molar-refractivity contribution in [2.24, 2.45) is 0 Å². The first kappa shape index (κ1) is 23.1. The molecule has 0 bridgehead atoms. The molecular formula is C20H22F2N6O4S. The second kappa shape index (κ2) is 9.45. The van der Waals surface area contributed by atoms with Crippen molar-refractivity contribution >= 4 is 28.7 Å². The SMILES string of the molecule is O=C1NC(=O)C(CCc2ncc(F)cn2)(C(N2CCN(c3ccc(F)cc3)CC2)S(=O)O)N1. The number of anilines is 1. The Balaban J connectivity index is 1.54. The van der Waals surface area contributed by atoms with E-state index in [1.54, 1.807) is 17.0 Å². The van der Waals surface area contributed by atoms with E-state index in [1.807, 2.05) is 4.90 Å². The lowest BCUT2D eigenvalue weighted by molar-refractivity contribution is -0.125. The van der Waals surface area contributed by atoms with Crippen LogP contribution in [-0.2, 0) is 22.3 Å². The Morgan fingerprint density at radius 2 is 1.70 bits per heavy atom. The van der Waals surface area contributed by atoms with Crippen LogP contribution in [0.15, 0.2) is 36.7 Å². The van der Waals surface area contributed by atoms with Crippen LogP contribution in [0.25, 0.3) is 0 Å².